The average molecular weight is 309 g/mol. The second-order valence-electron chi connectivity index (χ2n) is 6.67. The van der Waals surface area contributed by atoms with E-state index in [1.54, 1.807) is 0 Å². The van der Waals surface area contributed by atoms with E-state index in [1.165, 1.54) is 25.7 Å². The van der Waals surface area contributed by atoms with Gasteiger partial charge in [0.25, 0.3) is 0 Å². The first-order valence-corrected chi connectivity index (χ1v) is 8.84. The van der Waals surface area contributed by atoms with Crippen molar-refractivity contribution in [2.45, 2.75) is 64.4 Å². The van der Waals surface area contributed by atoms with Crippen LogP contribution >= 0.6 is 0 Å². The fraction of sp³-hybridized carbons (Fsp3) is 0.882. The lowest BCUT2D eigenvalue weighted by Gasteiger charge is -2.33. The number of nitrogens with zero attached hydrogens (tertiary/aromatic N) is 2. The summed E-state index contributed by atoms with van der Waals surface area (Å²) in [5.41, 5.74) is 0. The Balaban J connectivity index is 1.61. The predicted octanol–water partition coefficient (Wildman–Crippen LogP) is 2.56. The molecule has 2 rings (SSSR count). The third-order valence-electron chi connectivity index (χ3n) is 4.61. The predicted molar refractivity (Wildman–Crippen MR) is 88.9 cm³/mol. The number of carbonyl (C=O) groups excluding carboxylic acids is 1. The molecule has 0 bridgehead atoms. The molecule has 1 aliphatic heterocycles. The van der Waals surface area contributed by atoms with Crippen LogP contribution in [-0.2, 0) is 9.53 Å². The van der Waals surface area contributed by atoms with Gasteiger partial charge in [-0.3, -0.25) is 9.79 Å². The van der Waals surface area contributed by atoms with Crippen molar-refractivity contribution in [3.05, 3.63) is 0 Å². The number of ether oxygens (including phenoxy) is 1. The zero-order valence-corrected chi connectivity index (χ0v) is 14.1. The molecule has 0 aromatic rings. The van der Waals surface area contributed by atoms with Gasteiger partial charge in [0, 0.05) is 33.1 Å². The van der Waals surface area contributed by atoms with Gasteiger partial charge < -0.3 is 15.0 Å². The summed E-state index contributed by atoms with van der Waals surface area (Å²) in [6.45, 7) is 5.22. The van der Waals surface area contributed by atoms with Crippen molar-refractivity contribution in [2.75, 3.05) is 26.7 Å². The molecule has 1 heterocycles. The maximum absolute atomic E-state index is 11.8. The fourth-order valence-electron chi connectivity index (χ4n) is 3.40. The number of carbonyl (C=O) groups is 1. The molecular weight excluding hydrogens is 278 g/mol. The van der Waals surface area contributed by atoms with Gasteiger partial charge >= 0.3 is 5.97 Å². The first kappa shape index (κ1) is 17.1. The molecule has 0 aromatic carbocycles. The summed E-state index contributed by atoms with van der Waals surface area (Å²) in [5.74, 6) is 1.65. The van der Waals surface area contributed by atoms with Gasteiger partial charge in [-0.1, -0.05) is 6.92 Å². The van der Waals surface area contributed by atoms with E-state index in [9.17, 15) is 4.79 Å². The second kappa shape index (κ2) is 9.01. The summed E-state index contributed by atoms with van der Waals surface area (Å²) in [6, 6.07) is 0. The Morgan fingerprint density at radius 1 is 1.27 bits per heavy atom. The van der Waals surface area contributed by atoms with Gasteiger partial charge in [0.05, 0.1) is 0 Å². The number of piperidine rings is 1. The maximum Gasteiger partial charge on any atom is 0.306 e. The SMILES string of the molecule is CN=C(NCCCC(=O)OC1CCCC1)N1CCCC(C)C1. The summed E-state index contributed by atoms with van der Waals surface area (Å²) in [5, 5.41) is 3.38. The first-order valence-electron chi connectivity index (χ1n) is 8.84. The van der Waals surface area contributed by atoms with Crippen molar-refractivity contribution in [1.29, 1.82) is 0 Å². The summed E-state index contributed by atoms with van der Waals surface area (Å²) >= 11 is 0. The molecule has 0 radical (unpaired) electrons. The first-order chi connectivity index (χ1) is 10.7. The average Bonchev–Trinajstić information content (AvgIpc) is 3.00. The zero-order valence-electron chi connectivity index (χ0n) is 14.1. The van der Waals surface area contributed by atoms with Crippen molar-refractivity contribution >= 4 is 11.9 Å². The highest BCUT2D eigenvalue weighted by Crippen LogP contribution is 2.21. The molecule has 0 spiro atoms. The van der Waals surface area contributed by atoms with E-state index in [2.05, 4.69) is 22.1 Å². The van der Waals surface area contributed by atoms with Crippen LogP contribution in [0.5, 0.6) is 0 Å². The number of aliphatic imine (C=N–C) groups is 1. The van der Waals surface area contributed by atoms with E-state index in [4.69, 9.17) is 4.74 Å². The molecule has 0 amide bonds. The lowest BCUT2D eigenvalue weighted by molar-refractivity contribution is -0.148. The van der Waals surface area contributed by atoms with Crippen LogP contribution in [0.15, 0.2) is 4.99 Å². The van der Waals surface area contributed by atoms with Gasteiger partial charge in [0.1, 0.15) is 6.10 Å². The van der Waals surface area contributed by atoms with Gasteiger partial charge in [-0.2, -0.15) is 0 Å². The minimum Gasteiger partial charge on any atom is -0.462 e. The lowest BCUT2D eigenvalue weighted by Crippen LogP contribution is -2.46. The van der Waals surface area contributed by atoms with E-state index >= 15 is 0 Å². The van der Waals surface area contributed by atoms with Gasteiger partial charge in [-0.05, 0) is 50.9 Å². The fourth-order valence-corrected chi connectivity index (χ4v) is 3.40. The number of esters is 1. The Bertz CT molecular complexity index is 378. The Morgan fingerprint density at radius 2 is 2.05 bits per heavy atom. The van der Waals surface area contributed by atoms with Crippen molar-refractivity contribution in [3.63, 3.8) is 0 Å². The van der Waals surface area contributed by atoms with Crippen LogP contribution < -0.4 is 5.32 Å². The summed E-state index contributed by atoms with van der Waals surface area (Å²) in [4.78, 5) is 18.5. The quantitative estimate of drug-likeness (QED) is 0.367. The molecule has 1 N–H and O–H groups in total. The molecule has 22 heavy (non-hydrogen) atoms. The Morgan fingerprint density at radius 3 is 2.73 bits per heavy atom. The van der Waals surface area contributed by atoms with Crippen molar-refractivity contribution in [1.82, 2.24) is 10.2 Å². The highest BCUT2D eigenvalue weighted by molar-refractivity contribution is 5.80. The largest absolute Gasteiger partial charge is 0.462 e. The third kappa shape index (κ3) is 5.50. The number of rotatable bonds is 5. The van der Waals surface area contributed by atoms with E-state index in [0.29, 0.717) is 6.42 Å². The van der Waals surface area contributed by atoms with Crippen molar-refractivity contribution < 1.29 is 9.53 Å². The molecule has 1 aliphatic carbocycles. The van der Waals surface area contributed by atoms with Gasteiger partial charge in [-0.15, -0.1) is 0 Å². The minimum atomic E-state index is -0.0460. The van der Waals surface area contributed by atoms with Gasteiger partial charge in [0.15, 0.2) is 5.96 Å². The molecule has 5 heteroatoms. The standard InChI is InChI=1S/C17H31N3O2/c1-14-7-6-12-20(13-14)17(18-2)19-11-5-10-16(21)22-15-8-3-4-9-15/h14-15H,3-13H2,1-2H3,(H,18,19). The van der Waals surface area contributed by atoms with Crippen molar-refractivity contribution in [2.24, 2.45) is 10.9 Å². The van der Waals surface area contributed by atoms with Crippen LogP contribution in [0.2, 0.25) is 0 Å². The molecule has 5 nitrogen and oxygen atoms in total. The number of guanidine groups is 1. The molecule has 0 aromatic heterocycles. The number of hydrogen-bond donors (Lipinski definition) is 1. The Labute approximate surface area is 134 Å². The van der Waals surface area contributed by atoms with Crippen LogP contribution in [0.1, 0.15) is 58.3 Å². The van der Waals surface area contributed by atoms with E-state index in [0.717, 1.165) is 50.8 Å². The van der Waals surface area contributed by atoms with E-state index in [1.807, 2.05) is 7.05 Å². The molecule has 1 saturated heterocycles. The molecular formula is C17H31N3O2. The third-order valence-corrected chi connectivity index (χ3v) is 4.61. The molecule has 126 valence electrons. The molecule has 1 atom stereocenters. The topological polar surface area (TPSA) is 53.9 Å². The molecule has 2 fully saturated rings. The van der Waals surface area contributed by atoms with Crippen LogP contribution in [-0.4, -0.2) is 49.6 Å². The van der Waals surface area contributed by atoms with Gasteiger partial charge in [0.2, 0.25) is 0 Å². The molecule has 1 unspecified atom stereocenters. The van der Waals surface area contributed by atoms with Crippen LogP contribution in [0.4, 0.5) is 0 Å². The summed E-state index contributed by atoms with van der Waals surface area (Å²) in [7, 11) is 1.83. The summed E-state index contributed by atoms with van der Waals surface area (Å²) in [6.07, 6.45) is 8.51. The van der Waals surface area contributed by atoms with Crippen molar-refractivity contribution in [3.8, 4) is 0 Å². The number of nitrogens with one attached hydrogen (secondary N) is 1. The zero-order chi connectivity index (χ0) is 15.8. The van der Waals surface area contributed by atoms with E-state index in [-0.39, 0.29) is 12.1 Å². The normalized spacial score (nSPS) is 23.6. The lowest BCUT2D eigenvalue weighted by atomic mass is 10.0. The Kier molecular flexibility index (Phi) is 7.00. The Hall–Kier alpha value is -1.26. The second-order valence-corrected chi connectivity index (χ2v) is 6.67. The maximum atomic E-state index is 11.8. The van der Waals surface area contributed by atoms with Gasteiger partial charge in [-0.25, -0.2) is 0 Å². The minimum absolute atomic E-state index is 0.0460. The summed E-state index contributed by atoms with van der Waals surface area (Å²) < 4.78 is 5.47. The number of likely N-dealkylation sites (tertiary alicyclic amines) is 1. The van der Waals surface area contributed by atoms with Crippen LogP contribution in [0, 0.1) is 5.92 Å². The number of hydrogen-bond acceptors (Lipinski definition) is 3. The molecule has 1 saturated carbocycles. The van der Waals surface area contributed by atoms with Crippen LogP contribution in [0.3, 0.4) is 0 Å². The van der Waals surface area contributed by atoms with Crippen LogP contribution in [0.25, 0.3) is 0 Å². The monoisotopic (exact) mass is 309 g/mol. The smallest absolute Gasteiger partial charge is 0.306 e. The highest BCUT2D eigenvalue weighted by Gasteiger charge is 2.20. The molecule has 2 aliphatic rings. The van der Waals surface area contributed by atoms with E-state index < -0.39 is 0 Å². The highest BCUT2D eigenvalue weighted by atomic mass is 16.5.